The number of likely N-dealkylation sites (N-methyl/N-ethyl adjacent to an activating group) is 1. The third kappa shape index (κ3) is 13.9. The number of benzene rings is 1. The Morgan fingerprint density at radius 1 is 0.885 bits per heavy atom. The topological polar surface area (TPSA) is 183 Å². The average molecular weight is 729 g/mol. The van der Waals surface area contributed by atoms with E-state index in [1.807, 2.05) is 0 Å². The first-order valence-corrected chi connectivity index (χ1v) is 18.2. The van der Waals surface area contributed by atoms with Crippen LogP contribution in [0.2, 0.25) is 0 Å². The van der Waals surface area contributed by atoms with Crippen molar-refractivity contribution in [2.45, 2.75) is 124 Å². The lowest BCUT2D eigenvalue weighted by Crippen LogP contribution is -2.59. The molecule has 2 aliphatic rings. The molecule has 6 amide bonds. The molecular weight excluding hydrogens is 668 g/mol. The van der Waals surface area contributed by atoms with Crippen LogP contribution >= 0.6 is 0 Å². The third-order valence-corrected chi connectivity index (χ3v) is 8.27. The summed E-state index contributed by atoms with van der Waals surface area (Å²) in [6.07, 6.45) is 3.30. The molecule has 1 saturated carbocycles. The van der Waals surface area contributed by atoms with Crippen LogP contribution in [0.4, 0.5) is 4.79 Å². The van der Waals surface area contributed by atoms with E-state index in [-0.39, 0.29) is 24.8 Å². The van der Waals surface area contributed by atoms with Crippen LogP contribution in [0.3, 0.4) is 0 Å². The van der Waals surface area contributed by atoms with Crippen LogP contribution < -0.4 is 21.3 Å². The number of hydrogen-bond acceptors (Lipinski definition) is 8. The summed E-state index contributed by atoms with van der Waals surface area (Å²) >= 11 is 0. The maximum atomic E-state index is 13.8. The van der Waals surface area contributed by atoms with Gasteiger partial charge in [-0.05, 0) is 56.9 Å². The fourth-order valence-corrected chi connectivity index (χ4v) is 5.54. The van der Waals surface area contributed by atoms with Crippen molar-refractivity contribution in [2.24, 2.45) is 11.3 Å². The summed E-state index contributed by atoms with van der Waals surface area (Å²) in [6.45, 7) is 14.5. The van der Waals surface area contributed by atoms with Crippen molar-refractivity contribution in [3.8, 4) is 0 Å². The van der Waals surface area contributed by atoms with Gasteiger partial charge in [-0.1, -0.05) is 84.2 Å². The molecule has 1 aliphatic heterocycles. The molecule has 1 saturated heterocycles. The first-order chi connectivity index (χ1) is 24.2. The maximum Gasteiger partial charge on any atom is 0.408 e. The van der Waals surface area contributed by atoms with Gasteiger partial charge in [0, 0.05) is 20.6 Å². The summed E-state index contributed by atoms with van der Waals surface area (Å²) in [5.74, 6) is -3.89. The van der Waals surface area contributed by atoms with Crippen molar-refractivity contribution in [1.82, 2.24) is 31.1 Å². The molecule has 1 aromatic rings. The van der Waals surface area contributed by atoms with Crippen molar-refractivity contribution in [3.05, 3.63) is 35.9 Å². The SMILES string of the molecule is CCC.CN(C)C(=O)C(NC(=O)CNC(=O)C(=O)C(CC1CC1)NC(=O)[C@@H]1CCCN1C(=O)C(NC(=O)OC(C)(C)C)C(C)(C)C)c1ccccc1. The maximum absolute atomic E-state index is 13.8. The molecule has 52 heavy (non-hydrogen) atoms. The van der Waals surface area contributed by atoms with Gasteiger partial charge in [0.15, 0.2) is 0 Å². The number of rotatable bonds is 13. The summed E-state index contributed by atoms with van der Waals surface area (Å²) in [5, 5.41) is 10.3. The number of ketones is 1. The van der Waals surface area contributed by atoms with Gasteiger partial charge >= 0.3 is 6.09 Å². The van der Waals surface area contributed by atoms with E-state index < -0.39 is 77.2 Å². The number of amides is 6. The molecule has 3 rings (SSSR count). The number of likely N-dealkylation sites (tertiary alicyclic amines) is 1. The summed E-state index contributed by atoms with van der Waals surface area (Å²) in [7, 11) is 3.12. The average Bonchev–Trinajstić information content (AvgIpc) is 3.73. The summed E-state index contributed by atoms with van der Waals surface area (Å²) in [6, 6.07) is 4.57. The van der Waals surface area contributed by atoms with E-state index in [0.29, 0.717) is 18.4 Å². The minimum Gasteiger partial charge on any atom is -0.444 e. The molecule has 4 N–H and O–H groups in total. The molecule has 4 atom stereocenters. The quantitative estimate of drug-likeness (QED) is 0.223. The predicted octanol–water partition coefficient (Wildman–Crippen LogP) is 3.25. The van der Waals surface area contributed by atoms with Gasteiger partial charge in [0.1, 0.15) is 23.7 Å². The van der Waals surface area contributed by atoms with Gasteiger partial charge in [0.05, 0.1) is 12.6 Å². The lowest BCUT2D eigenvalue weighted by Gasteiger charge is -2.36. The van der Waals surface area contributed by atoms with Crippen molar-refractivity contribution in [2.75, 3.05) is 27.2 Å². The molecule has 0 bridgehead atoms. The second-order valence-electron chi connectivity index (χ2n) is 15.8. The first kappa shape index (κ1) is 43.7. The second-order valence-corrected chi connectivity index (χ2v) is 15.8. The van der Waals surface area contributed by atoms with Crippen LogP contribution in [-0.2, 0) is 33.5 Å². The molecule has 1 aromatic carbocycles. The highest BCUT2D eigenvalue weighted by Crippen LogP contribution is 2.34. The number of Topliss-reactive ketones (excluding diaryl/α,β-unsaturated/α-hetero) is 1. The van der Waals surface area contributed by atoms with Crippen LogP contribution in [0, 0.1) is 11.3 Å². The standard InChI is InChI=1S/C35H52N6O8.C3H8/c1-34(2,3)28(39-33(48)49-35(4,5)6)32(47)41-18-12-15-24(41)29(44)37-23(19-21-16-17-21)27(43)30(45)36-20-25(42)38-26(31(46)40(7)8)22-13-10-9-11-14-22;1-3-2/h9-11,13-14,21,23-24,26,28H,12,15-20H2,1-8H3,(H,36,45)(H,37,44)(H,38,42)(H,39,48);3H2,1-2H3/t23?,24-,26?,28?;/m0./s1. The summed E-state index contributed by atoms with van der Waals surface area (Å²) in [4.78, 5) is 94.7. The largest absolute Gasteiger partial charge is 0.444 e. The molecule has 0 radical (unpaired) electrons. The van der Waals surface area contributed by atoms with Crippen molar-refractivity contribution in [3.63, 3.8) is 0 Å². The third-order valence-electron chi connectivity index (χ3n) is 8.27. The predicted molar refractivity (Wildman–Crippen MR) is 197 cm³/mol. The fourth-order valence-electron chi connectivity index (χ4n) is 5.54. The number of carbonyl (C=O) groups is 7. The number of nitrogens with zero attached hydrogens (tertiary/aromatic N) is 2. The molecule has 1 aliphatic carbocycles. The number of carbonyl (C=O) groups excluding carboxylic acids is 7. The first-order valence-electron chi connectivity index (χ1n) is 18.2. The summed E-state index contributed by atoms with van der Waals surface area (Å²) < 4.78 is 5.37. The fraction of sp³-hybridized carbons (Fsp3) is 0.658. The number of nitrogens with one attached hydrogen (secondary N) is 4. The van der Waals surface area contributed by atoms with Gasteiger partial charge in [-0.25, -0.2) is 4.79 Å². The van der Waals surface area contributed by atoms with Crippen molar-refractivity contribution < 1.29 is 38.3 Å². The van der Waals surface area contributed by atoms with E-state index in [9.17, 15) is 33.6 Å². The Kier molecular flexibility index (Phi) is 16.3. The number of ether oxygens (including phenoxy) is 1. The molecular formula is C38H60N6O8. The Morgan fingerprint density at radius 3 is 2.00 bits per heavy atom. The van der Waals surface area contributed by atoms with E-state index >= 15 is 0 Å². The van der Waals surface area contributed by atoms with Crippen LogP contribution in [0.1, 0.15) is 106 Å². The Labute approximate surface area is 308 Å². The van der Waals surface area contributed by atoms with E-state index in [0.717, 1.165) is 12.8 Å². The van der Waals surface area contributed by atoms with E-state index in [1.165, 1.54) is 16.2 Å². The van der Waals surface area contributed by atoms with Crippen molar-refractivity contribution in [1.29, 1.82) is 0 Å². The van der Waals surface area contributed by atoms with Crippen LogP contribution in [0.15, 0.2) is 30.3 Å². The zero-order valence-electron chi connectivity index (χ0n) is 32.6. The van der Waals surface area contributed by atoms with Gasteiger partial charge in [-0.3, -0.25) is 28.8 Å². The van der Waals surface area contributed by atoms with Gasteiger partial charge in [-0.2, -0.15) is 0 Å². The van der Waals surface area contributed by atoms with Crippen LogP contribution in [0.5, 0.6) is 0 Å². The van der Waals surface area contributed by atoms with E-state index in [1.54, 1.807) is 86.0 Å². The minimum atomic E-state index is -1.16. The lowest BCUT2D eigenvalue weighted by molar-refractivity contribution is -0.144. The van der Waals surface area contributed by atoms with Gasteiger partial charge in [-0.15, -0.1) is 0 Å². The van der Waals surface area contributed by atoms with Crippen molar-refractivity contribution >= 4 is 41.4 Å². The normalized spacial score (nSPS) is 17.3. The van der Waals surface area contributed by atoms with Gasteiger partial charge in [0.25, 0.3) is 5.91 Å². The summed E-state index contributed by atoms with van der Waals surface area (Å²) in [5.41, 5.74) is -0.938. The zero-order chi connectivity index (χ0) is 39.4. The smallest absolute Gasteiger partial charge is 0.408 e. The Balaban J connectivity index is 0.00000301. The second kappa shape index (κ2) is 19.4. The van der Waals surface area contributed by atoms with Gasteiger partial charge < -0.3 is 35.8 Å². The molecule has 14 heteroatoms. The van der Waals surface area contributed by atoms with E-state index in [4.69, 9.17) is 4.74 Å². The number of hydrogen-bond donors (Lipinski definition) is 4. The molecule has 1 heterocycles. The Bertz CT molecular complexity index is 1410. The van der Waals surface area contributed by atoms with Crippen LogP contribution in [-0.4, -0.2) is 102 Å². The molecule has 2 fully saturated rings. The van der Waals surface area contributed by atoms with E-state index in [2.05, 4.69) is 35.1 Å². The zero-order valence-corrected chi connectivity index (χ0v) is 32.6. The molecule has 0 aromatic heterocycles. The number of alkyl carbamates (subject to hydrolysis) is 1. The van der Waals surface area contributed by atoms with Crippen LogP contribution in [0.25, 0.3) is 0 Å². The lowest BCUT2D eigenvalue weighted by atomic mass is 9.85. The highest BCUT2D eigenvalue weighted by Gasteiger charge is 2.44. The monoisotopic (exact) mass is 728 g/mol. The minimum absolute atomic E-state index is 0.152. The molecule has 3 unspecified atom stereocenters. The molecule has 0 spiro atoms. The van der Waals surface area contributed by atoms with Gasteiger partial charge in [0.2, 0.25) is 29.4 Å². The molecule has 14 nitrogen and oxygen atoms in total. The Hall–Kier alpha value is -4.49. The highest BCUT2D eigenvalue weighted by molar-refractivity contribution is 6.38. The molecule has 290 valence electrons. The highest BCUT2D eigenvalue weighted by atomic mass is 16.6. The Morgan fingerprint density at radius 2 is 1.48 bits per heavy atom.